The lowest BCUT2D eigenvalue weighted by molar-refractivity contribution is -0.137. The zero-order valence-electron chi connectivity index (χ0n) is 14.9. The van der Waals surface area contributed by atoms with E-state index < -0.39 is 11.7 Å². The minimum atomic E-state index is -4.36. The molecule has 0 saturated carbocycles. The average Bonchev–Trinajstić information content (AvgIpc) is 3.23. The van der Waals surface area contributed by atoms with Gasteiger partial charge in [-0.3, -0.25) is 0 Å². The molecule has 0 atom stereocenters. The molecule has 4 rings (SSSR count). The van der Waals surface area contributed by atoms with E-state index in [4.69, 9.17) is 0 Å². The second-order valence-corrected chi connectivity index (χ2v) is 6.78. The minimum Gasteiger partial charge on any atom is -0.356 e. The summed E-state index contributed by atoms with van der Waals surface area (Å²) in [6.07, 6.45) is 0.997. The van der Waals surface area contributed by atoms with Crippen LogP contribution in [0.1, 0.15) is 18.4 Å². The molecular weight excluding hydrogens is 357 g/mol. The smallest absolute Gasteiger partial charge is 0.356 e. The van der Waals surface area contributed by atoms with Gasteiger partial charge in [0.05, 0.1) is 5.56 Å². The van der Waals surface area contributed by atoms with Crippen molar-refractivity contribution >= 4 is 17.6 Å². The van der Waals surface area contributed by atoms with E-state index in [2.05, 4.69) is 24.8 Å². The molecule has 2 saturated heterocycles. The average molecular weight is 378 g/mol. The number of hydrogen-bond acceptors (Lipinski definition) is 6. The van der Waals surface area contributed by atoms with Gasteiger partial charge < -0.3 is 14.7 Å². The van der Waals surface area contributed by atoms with Crippen LogP contribution >= 0.6 is 0 Å². The Balaban J connectivity index is 1.43. The van der Waals surface area contributed by atoms with E-state index in [0.717, 1.165) is 31.0 Å². The number of hydrogen-bond donors (Lipinski definition) is 0. The van der Waals surface area contributed by atoms with Crippen molar-refractivity contribution in [1.29, 1.82) is 0 Å². The fourth-order valence-corrected chi connectivity index (χ4v) is 3.52. The molecule has 2 aromatic rings. The van der Waals surface area contributed by atoms with Crippen molar-refractivity contribution in [1.82, 2.24) is 15.0 Å². The number of piperazine rings is 1. The summed E-state index contributed by atoms with van der Waals surface area (Å²) in [6, 6.07) is 4.04. The number of pyridine rings is 1. The van der Waals surface area contributed by atoms with Gasteiger partial charge in [0.1, 0.15) is 11.6 Å². The Morgan fingerprint density at radius 1 is 0.741 bits per heavy atom. The van der Waals surface area contributed by atoms with Crippen molar-refractivity contribution in [2.75, 3.05) is 54.0 Å². The van der Waals surface area contributed by atoms with Gasteiger partial charge in [-0.15, -0.1) is 0 Å². The van der Waals surface area contributed by atoms with Crippen molar-refractivity contribution < 1.29 is 13.2 Å². The second kappa shape index (κ2) is 7.21. The third-order valence-corrected chi connectivity index (χ3v) is 5.02. The lowest BCUT2D eigenvalue weighted by Gasteiger charge is -2.35. The fourth-order valence-electron chi connectivity index (χ4n) is 3.52. The second-order valence-electron chi connectivity index (χ2n) is 6.78. The van der Waals surface area contributed by atoms with Crippen LogP contribution in [-0.4, -0.2) is 54.2 Å². The van der Waals surface area contributed by atoms with Gasteiger partial charge in [-0.1, -0.05) is 0 Å². The summed E-state index contributed by atoms with van der Waals surface area (Å²) in [4.78, 5) is 19.4. The molecule has 2 aliphatic rings. The van der Waals surface area contributed by atoms with Crippen LogP contribution in [0.15, 0.2) is 30.6 Å². The monoisotopic (exact) mass is 378 g/mol. The van der Waals surface area contributed by atoms with Crippen molar-refractivity contribution in [3.05, 3.63) is 36.2 Å². The first-order valence-corrected chi connectivity index (χ1v) is 9.12. The van der Waals surface area contributed by atoms with Gasteiger partial charge in [-0.05, 0) is 31.0 Å². The van der Waals surface area contributed by atoms with E-state index in [-0.39, 0.29) is 0 Å². The highest BCUT2D eigenvalue weighted by Gasteiger charge is 2.31. The number of alkyl halides is 3. The largest absolute Gasteiger partial charge is 0.416 e. The SMILES string of the molecule is FC(F)(F)c1ccnc(N2CCN(c3nccc(N4CCCC4)n3)CC2)c1. The summed E-state index contributed by atoms with van der Waals surface area (Å²) in [5, 5.41) is 0. The molecule has 0 bridgehead atoms. The minimum absolute atomic E-state index is 0.358. The van der Waals surface area contributed by atoms with Gasteiger partial charge >= 0.3 is 6.18 Å². The topological polar surface area (TPSA) is 48.4 Å². The van der Waals surface area contributed by atoms with Crippen molar-refractivity contribution in [3.8, 4) is 0 Å². The standard InChI is InChI=1S/C18H21F3N6/c19-18(20,21)14-3-5-22-16(13-14)26-9-11-27(12-10-26)17-23-6-4-15(24-17)25-7-1-2-8-25/h3-6,13H,1-2,7-12H2. The third kappa shape index (κ3) is 3.91. The molecule has 0 radical (unpaired) electrons. The Hall–Kier alpha value is -2.58. The van der Waals surface area contributed by atoms with Gasteiger partial charge in [0.15, 0.2) is 0 Å². The molecule has 2 aliphatic heterocycles. The predicted molar refractivity (Wildman–Crippen MR) is 97.1 cm³/mol. The summed E-state index contributed by atoms with van der Waals surface area (Å²) in [7, 11) is 0. The zero-order valence-corrected chi connectivity index (χ0v) is 14.9. The molecule has 2 fully saturated rings. The van der Waals surface area contributed by atoms with Gasteiger partial charge in [-0.25, -0.2) is 9.97 Å². The Labute approximate surface area is 155 Å². The molecule has 0 spiro atoms. The van der Waals surface area contributed by atoms with E-state index in [9.17, 15) is 13.2 Å². The summed E-state index contributed by atoms with van der Waals surface area (Å²) in [6.45, 7) is 4.47. The van der Waals surface area contributed by atoms with Crippen molar-refractivity contribution in [3.63, 3.8) is 0 Å². The van der Waals surface area contributed by atoms with Gasteiger partial charge in [-0.2, -0.15) is 18.2 Å². The van der Waals surface area contributed by atoms with Crippen LogP contribution in [-0.2, 0) is 6.18 Å². The molecule has 9 heteroatoms. The number of halogens is 3. The van der Waals surface area contributed by atoms with Gasteiger partial charge in [0.25, 0.3) is 0 Å². The van der Waals surface area contributed by atoms with E-state index in [1.807, 2.05) is 11.0 Å². The lowest BCUT2D eigenvalue weighted by atomic mass is 10.2. The van der Waals surface area contributed by atoms with Crippen molar-refractivity contribution in [2.45, 2.75) is 19.0 Å². The molecule has 6 nitrogen and oxygen atoms in total. The molecule has 0 aromatic carbocycles. The highest BCUT2D eigenvalue weighted by Crippen LogP contribution is 2.31. The van der Waals surface area contributed by atoms with E-state index >= 15 is 0 Å². The number of anilines is 3. The molecule has 4 heterocycles. The van der Waals surface area contributed by atoms with Gasteiger partial charge in [0, 0.05) is 51.7 Å². The maximum absolute atomic E-state index is 12.9. The summed E-state index contributed by atoms with van der Waals surface area (Å²) in [5.74, 6) is 1.98. The number of aromatic nitrogens is 3. The van der Waals surface area contributed by atoms with Crippen LogP contribution in [0, 0.1) is 0 Å². The van der Waals surface area contributed by atoms with E-state index in [1.54, 1.807) is 6.20 Å². The van der Waals surface area contributed by atoms with Crippen LogP contribution in [0.2, 0.25) is 0 Å². The lowest BCUT2D eigenvalue weighted by Crippen LogP contribution is -2.47. The normalized spacial score (nSPS) is 18.3. The molecule has 27 heavy (non-hydrogen) atoms. The highest BCUT2D eigenvalue weighted by atomic mass is 19.4. The summed E-state index contributed by atoms with van der Waals surface area (Å²) < 4.78 is 38.7. The van der Waals surface area contributed by atoms with Crippen LogP contribution in [0.25, 0.3) is 0 Å². The zero-order chi connectivity index (χ0) is 18.9. The number of rotatable bonds is 3. The highest BCUT2D eigenvalue weighted by molar-refractivity contribution is 5.47. The Kier molecular flexibility index (Phi) is 4.75. The first-order valence-electron chi connectivity index (χ1n) is 9.12. The Bertz CT molecular complexity index is 783. The number of nitrogens with zero attached hydrogens (tertiary/aromatic N) is 6. The molecule has 0 N–H and O–H groups in total. The maximum atomic E-state index is 12.9. The predicted octanol–water partition coefficient (Wildman–Crippen LogP) is 2.82. The maximum Gasteiger partial charge on any atom is 0.416 e. The molecule has 0 amide bonds. The fraction of sp³-hybridized carbons (Fsp3) is 0.500. The van der Waals surface area contributed by atoms with Crippen LogP contribution in [0.3, 0.4) is 0 Å². The summed E-state index contributed by atoms with van der Waals surface area (Å²) >= 11 is 0. The summed E-state index contributed by atoms with van der Waals surface area (Å²) in [5.41, 5.74) is -0.670. The quantitative estimate of drug-likeness (QED) is 0.819. The van der Waals surface area contributed by atoms with Gasteiger partial charge in [0.2, 0.25) is 5.95 Å². The molecule has 0 aliphatic carbocycles. The third-order valence-electron chi connectivity index (χ3n) is 5.02. The van der Waals surface area contributed by atoms with Crippen LogP contribution in [0.5, 0.6) is 0 Å². The Morgan fingerprint density at radius 2 is 1.37 bits per heavy atom. The van der Waals surface area contributed by atoms with Crippen LogP contribution < -0.4 is 14.7 Å². The Morgan fingerprint density at radius 3 is 2.07 bits per heavy atom. The first-order chi connectivity index (χ1) is 13.0. The van der Waals surface area contributed by atoms with E-state index in [1.165, 1.54) is 19.0 Å². The van der Waals surface area contributed by atoms with E-state index in [0.29, 0.717) is 37.9 Å². The van der Waals surface area contributed by atoms with Crippen LogP contribution in [0.4, 0.5) is 30.8 Å². The molecule has 144 valence electrons. The first kappa shape index (κ1) is 17.8. The van der Waals surface area contributed by atoms with Crippen molar-refractivity contribution in [2.24, 2.45) is 0 Å². The molecule has 2 aromatic heterocycles. The molecule has 0 unspecified atom stereocenters. The molecular formula is C18H21F3N6.